The monoisotopic (exact) mass is 504 g/mol. The molecule has 2 aromatic rings. The minimum Gasteiger partial charge on any atom is -0.338 e. The Bertz CT molecular complexity index is 1080. The van der Waals surface area contributed by atoms with Crippen molar-refractivity contribution in [3.05, 3.63) is 54.4 Å². The first kappa shape index (κ1) is 25.8. The molecule has 3 atom stereocenters. The van der Waals surface area contributed by atoms with Gasteiger partial charge in [-0.1, -0.05) is 31.4 Å². The van der Waals surface area contributed by atoms with Crippen LogP contribution in [0.1, 0.15) is 64.4 Å². The van der Waals surface area contributed by atoms with Crippen molar-refractivity contribution in [2.45, 2.75) is 82.8 Å². The third-order valence-corrected chi connectivity index (χ3v) is 9.39. The number of likely N-dealkylation sites (tertiary alicyclic amines) is 1. The smallest absolute Gasteiger partial charge is 0.241 e. The van der Waals surface area contributed by atoms with Crippen LogP contribution in [0.3, 0.4) is 0 Å². The fraction of sp³-hybridized carbons (Fsp3) is 0.615. The van der Waals surface area contributed by atoms with E-state index in [1.165, 1.54) is 44.2 Å². The quantitative estimate of drug-likeness (QED) is 0.592. The molecule has 1 amide bonds. The number of imidazole rings is 1. The van der Waals surface area contributed by atoms with Gasteiger partial charge in [0.2, 0.25) is 15.9 Å². The van der Waals surface area contributed by atoms with Gasteiger partial charge in [0.25, 0.3) is 0 Å². The Hall–Kier alpha value is -2.26. The van der Waals surface area contributed by atoms with Crippen LogP contribution < -0.4 is 4.72 Å². The summed E-state index contributed by atoms with van der Waals surface area (Å²) in [6.07, 6.45) is 13.7. The number of aromatic nitrogens is 2. The van der Waals surface area contributed by atoms with Gasteiger partial charge in [0.1, 0.15) is 11.9 Å². The second-order valence-corrected chi connectivity index (χ2v) is 12.2. The molecule has 1 aromatic heterocycles. The van der Waals surface area contributed by atoms with Gasteiger partial charge in [0.15, 0.2) is 0 Å². The molecule has 1 N–H and O–H groups in total. The summed E-state index contributed by atoms with van der Waals surface area (Å²) in [6.45, 7) is 4.17. The summed E-state index contributed by atoms with van der Waals surface area (Å²) in [5.74, 6) is -0.157. The number of carbonyl (C=O) groups excluding carboxylic acids is 1. The minimum absolute atomic E-state index is 0.0533. The highest BCUT2D eigenvalue weighted by Gasteiger charge is 2.47. The Morgan fingerprint density at radius 1 is 1.23 bits per heavy atom. The SMILES string of the molecule is CCS(=O)(=O)N[C@@H](Cc1ccc(F)cc1)C(=O)N1CCC(C2CCCCC2)(n2ccnc2)CC1C. The zero-order valence-corrected chi connectivity index (χ0v) is 21.5. The maximum absolute atomic E-state index is 13.8. The Morgan fingerprint density at radius 2 is 1.94 bits per heavy atom. The summed E-state index contributed by atoms with van der Waals surface area (Å²) in [4.78, 5) is 19.9. The second-order valence-electron chi connectivity index (χ2n) is 10.1. The Morgan fingerprint density at radius 3 is 2.54 bits per heavy atom. The van der Waals surface area contributed by atoms with Gasteiger partial charge >= 0.3 is 0 Å². The van der Waals surface area contributed by atoms with Gasteiger partial charge in [0, 0.05) is 25.0 Å². The fourth-order valence-corrected chi connectivity index (χ4v) is 6.88. The summed E-state index contributed by atoms with van der Waals surface area (Å²) < 4.78 is 43.1. The van der Waals surface area contributed by atoms with Crippen LogP contribution in [-0.2, 0) is 26.8 Å². The molecule has 9 heteroatoms. The molecule has 2 fully saturated rings. The lowest BCUT2D eigenvalue weighted by Crippen LogP contribution is -2.59. The van der Waals surface area contributed by atoms with Crippen molar-refractivity contribution in [3.63, 3.8) is 0 Å². The van der Waals surface area contributed by atoms with E-state index in [1.54, 1.807) is 19.1 Å². The number of sulfonamides is 1. The lowest BCUT2D eigenvalue weighted by atomic mass is 9.68. The number of piperidine rings is 1. The van der Waals surface area contributed by atoms with E-state index in [9.17, 15) is 17.6 Å². The van der Waals surface area contributed by atoms with E-state index in [4.69, 9.17) is 0 Å². The molecular weight excluding hydrogens is 467 g/mol. The first-order chi connectivity index (χ1) is 16.7. The maximum atomic E-state index is 13.8. The van der Waals surface area contributed by atoms with Crippen molar-refractivity contribution < 1.29 is 17.6 Å². The highest BCUT2D eigenvalue weighted by molar-refractivity contribution is 7.89. The standard InChI is InChI=1S/C26H37FN4O3S/c1-3-35(33,34)29-24(17-21-9-11-23(27)12-10-21)25(32)31-15-13-26(18-20(31)2,30-16-14-28-19-30)22-7-5-4-6-8-22/h9-12,14,16,19-20,22,24,29H,3-8,13,15,17-18H2,1-2H3/t20?,24-,26?/m0/s1. The average Bonchev–Trinajstić information content (AvgIpc) is 3.41. The van der Waals surface area contributed by atoms with Gasteiger partial charge in [-0.25, -0.2) is 22.5 Å². The number of nitrogens with one attached hydrogen (secondary N) is 1. The molecule has 2 aliphatic rings. The van der Waals surface area contributed by atoms with E-state index in [-0.39, 0.29) is 35.5 Å². The molecule has 0 radical (unpaired) electrons. The normalized spacial score (nSPS) is 24.9. The number of benzene rings is 1. The molecule has 1 saturated heterocycles. The van der Waals surface area contributed by atoms with E-state index in [1.807, 2.05) is 23.6 Å². The van der Waals surface area contributed by atoms with Gasteiger partial charge in [-0.3, -0.25) is 4.79 Å². The largest absolute Gasteiger partial charge is 0.338 e. The van der Waals surface area contributed by atoms with Gasteiger partial charge in [-0.2, -0.15) is 0 Å². The molecule has 192 valence electrons. The molecule has 1 aliphatic heterocycles. The van der Waals surface area contributed by atoms with E-state index in [0.717, 1.165) is 12.8 Å². The zero-order valence-electron chi connectivity index (χ0n) is 20.7. The lowest BCUT2D eigenvalue weighted by Gasteiger charge is -2.51. The summed E-state index contributed by atoms with van der Waals surface area (Å²) in [7, 11) is -3.61. The topological polar surface area (TPSA) is 84.3 Å². The van der Waals surface area contributed by atoms with Crippen molar-refractivity contribution >= 4 is 15.9 Å². The number of hydrogen-bond acceptors (Lipinski definition) is 4. The van der Waals surface area contributed by atoms with Gasteiger partial charge in [-0.15, -0.1) is 0 Å². The number of rotatable bonds is 8. The molecule has 0 spiro atoms. The third-order valence-electron chi connectivity index (χ3n) is 7.99. The summed E-state index contributed by atoms with van der Waals surface area (Å²) in [5, 5.41) is 0. The van der Waals surface area contributed by atoms with Crippen molar-refractivity contribution in [1.82, 2.24) is 19.2 Å². The summed E-state index contributed by atoms with van der Waals surface area (Å²) >= 11 is 0. The molecular formula is C26H37FN4O3S. The van der Waals surface area contributed by atoms with Crippen LogP contribution in [0.4, 0.5) is 4.39 Å². The molecule has 35 heavy (non-hydrogen) atoms. The highest BCUT2D eigenvalue weighted by Crippen LogP contribution is 2.46. The Kier molecular flexibility index (Phi) is 7.96. The van der Waals surface area contributed by atoms with Crippen molar-refractivity contribution in [2.24, 2.45) is 5.92 Å². The summed E-state index contributed by atoms with van der Waals surface area (Å²) in [6, 6.07) is 4.88. The molecule has 0 bridgehead atoms. The Labute approximate surface area is 208 Å². The van der Waals surface area contributed by atoms with Crippen LogP contribution in [0, 0.1) is 11.7 Å². The van der Waals surface area contributed by atoms with Crippen LogP contribution in [0.15, 0.2) is 43.0 Å². The molecule has 1 saturated carbocycles. The predicted octanol–water partition coefficient (Wildman–Crippen LogP) is 3.86. The van der Waals surface area contributed by atoms with E-state index < -0.39 is 16.1 Å². The molecule has 1 aliphatic carbocycles. The fourth-order valence-electron chi connectivity index (χ4n) is 6.10. The highest BCUT2D eigenvalue weighted by atomic mass is 32.2. The van der Waals surface area contributed by atoms with Crippen molar-refractivity contribution in [2.75, 3.05) is 12.3 Å². The lowest BCUT2D eigenvalue weighted by molar-refractivity contribution is -0.139. The molecule has 4 rings (SSSR count). The van der Waals surface area contributed by atoms with E-state index in [0.29, 0.717) is 18.0 Å². The maximum Gasteiger partial charge on any atom is 0.241 e. The minimum atomic E-state index is -3.61. The Balaban J connectivity index is 1.56. The first-order valence-corrected chi connectivity index (χ1v) is 14.4. The number of nitrogens with zero attached hydrogens (tertiary/aromatic N) is 3. The van der Waals surface area contributed by atoms with Crippen molar-refractivity contribution in [3.8, 4) is 0 Å². The van der Waals surface area contributed by atoms with E-state index >= 15 is 0 Å². The van der Waals surface area contributed by atoms with Crippen LogP contribution in [0.25, 0.3) is 0 Å². The van der Waals surface area contributed by atoms with Crippen LogP contribution >= 0.6 is 0 Å². The molecule has 1 aromatic carbocycles. The molecule has 2 heterocycles. The average molecular weight is 505 g/mol. The van der Waals surface area contributed by atoms with Crippen molar-refractivity contribution in [1.29, 1.82) is 0 Å². The number of carbonyl (C=O) groups is 1. The predicted molar refractivity (Wildman–Crippen MR) is 134 cm³/mol. The number of amides is 1. The van der Waals surface area contributed by atoms with Gasteiger partial charge < -0.3 is 9.47 Å². The zero-order chi connectivity index (χ0) is 25.1. The summed E-state index contributed by atoms with van der Waals surface area (Å²) in [5.41, 5.74) is 0.630. The number of hydrogen-bond donors (Lipinski definition) is 1. The molecule has 2 unspecified atom stereocenters. The number of halogens is 1. The van der Waals surface area contributed by atoms with Gasteiger partial charge in [0.05, 0.1) is 17.6 Å². The van der Waals surface area contributed by atoms with Gasteiger partial charge in [-0.05, 0) is 69.6 Å². The first-order valence-electron chi connectivity index (χ1n) is 12.8. The van der Waals surface area contributed by atoms with E-state index in [2.05, 4.69) is 21.2 Å². The van der Waals surface area contributed by atoms with Crippen LogP contribution in [0.2, 0.25) is 0 Å². The van der Waals surface area contributed by atoms with Crippen LogP contribution in [0.5, 0.6) is 0 Å². The van der Waals surface area contributed by atoms with Crippen LogP contribution in [-0.4, -0.2) is 53.2 Å². The third kappa shape index (κ3) is 5.77. The molecule has 7 nitrogen and oxygen atoms in total. The second kappa shape index (κ2) is 10.8.